The lowest BCUT2D eigenvalue weighted by molar-refractivity contribution is -0.150. The number of halogens is 1. The Morgan fingerprint density at radius 1 is 1.48 bits per heavy atom. The predicted molar refractivity (Wildman–Crippen MR) is 78.6 cm³/mol. The number of carbonyl (C=O) groups is 2. The molecule has 2 atom stereocenters. The number of benzene rings is 1. The highest BCUT2D eigenvalue weighted by Crippen LogP contribution is 2.24. The number of hydrogen-bond donors (Lipinski definition) is 1. The van der Waals surface area contributed by atoms with E-state index >= 15 is 0 Å². The van der Waals surface area contributed by atoms with Crippen LogP contribution in [0.3, 0.4) is 0 Å². The molecule has 1 aromatic rings. The van der Waals surface area contributed by atoms with Crippen molar-refractivity contribution in [3.8, 4) is 5.75 Å². The van der Waals surface area contributed by atoms with Gasteiger partial charge in [-0.3, -0.25) is 4.79 Å². The van der Waals surface area contributed by atoms with Crippen LogP contribution < -0.4 is 4.74 Å². The van der Waals surface area contributed by atoms with Gasteiger partial charge >= 0.3 is 5.97 Å². The monoisotopic (exact) mass is 311 g/mol. The minimum absolute atomic E-state index is 0.297. The first kappa shape index (κ1) is 15.6. The van der Waals surface area contributed by atoms with Crippen LogP contribution in [0.25, 0.3) is 0 Å². The number of ether oxygens (including phenoxy) is 1. The smallest absolute Gasteiger partial charge is 0.326 e. The molecule has 5 nitrogen and oxygen atoms in total. The quantitative estimate of drug-likeness (QED) is 0.927. The van der Waals surface area contributed by atoms with Gasteiger partial charge in [0.1, 0.15) is 11.8 Å². The molecule has 1 aliphatic heterocycles. The number of nitrogens with zero attached hydrogens (tertiary/aromatic N) is 1. The van der Waals surface area contributed by atoms with Crippen molar-refractivity contribution in [1.29, 1.82) is 0 Å². The first-order valence-corrected chi connectivity index (χ1v) is 7.24. The van der Waals surface area contributed by atoms with Crippen molar-refractivity contribution >= 4 is 23.5 Å². The second-order valence-corrected chi connectivity index (χ2v) is 5.63. The molecule has 1 aromatic carbocycles. The molecule has 0 spiro atoms. The second kappa shape index (κ2) is 6.35. The molecule has 2 rings (SSSR count). The van der Waals surface area contributed by atoms with Crippen LogP contribution in [-0.2, 0) is 9.59 Å². The topological polar surface area (TPSA) is 66.8 Å². The SMILES string of the molecule is Cc1cc(Cl)ccc1OC(C)C(=O)N1CCCC1C(=O)O. The van der Waals surface area contributed by atoms with Crippen molar-refractivity contribution in [2.45, 2.75) is 38.8 Å². The summed E-state index contributed by atoms with van der Waals surface area (Å²) in [6.07, 6.45) is 0.466. The molecule has 0 saturated carbocycles. The van der Waals surface area contributed by atoms with Crippen LogP contribution in [0, 0.1) is 6.92 Å². The first-order valence-electron chi connectivity index (χ1n) is 6.86. The van der Waals surface area contributed by atoms with Crippen LogP contribution in [0.15, 0.2) is 18.2 Å². The van der Waals surface area contributed by atoms with E-state index in [9.17, 15) is 9.59 Å². The van der Waals surface area contributed by atoms with Crippen molar-refractivity contribution in [1.82, 2.24) is 4.90 Å². The summed E-state index contributed by atoms with van der Waals surface area (Å²) in [4.78, 5) is 24.9. The van der Waals surface area contributed by atoms with E-state index in [1.807, 2.05) is 6.92 Å². The number of aryl methyl sites for hydroxylation is 1. The largest absolute Gasteiger partial charge is 0.481 e. The molecule has 1 fully saturated rings. The highest BCUT2D eigenvalue weighted by atomic mass is 35.5. The van der Waals surface area contributed by atoms with Crippen LogP contribution in [-0.4, -0.2) is 40.6 Å². The van der Waals surface area contributed by atoms with E-state index in [1.54, 1.807) is 25.1 Å². The van der Waals surface area contributed by atoms with Gasteiger partial charge in [-0.1, -0.05) is 11.6 Å². The third-order valence-electron chi connectivity index (χ3n) is 3.61. The van der Waals surface area contributed by atoms with Crippen molar-refractivity contribution in [2.75, 3.05) is 6.54 Å². The zero-order valence-electron chi connectivity index (χ0n) is 12.0. The van der Waals surface area contributed by atoms with Crippen LogP contribution in [0.2, 0.25) is 5.02 Å². The molecular formula is C15H18ClNO4. The molecule has 21 heavy (non-hydrogen) atoms. The lowest BCUT2D eigenvalue weighted by Crippen LogP contribution is -2.46. The average molecular weight is 312 g/mol. The second-order valence-electron chi connectivity index (χ2n) is 5.20. The molecule has 0 bridgehead atoms. The maximum atomic E-state index is 12.4. The Balaban J connectivity index is 2.07. The lowest BCUT2D eigenvalue weighted by Gasteiger charge is -2.25. The Labute approximate surface area is 128 Å². The molecule has 0 aromatic heterocycles. The average Bonchev–Trinajstić information content (AvgIpc) is 2.90. The molecule has 1 heterocycles. The van der Waals surface area contributed by atoms with Crippen molar-refractivity contribution in [3.63, 3.8) is 0 Å². The van der Waals surface area contributed by atoms with Gasteiger partial charge in [-0.2, -0.15) is 0 Å². The maximum Gasteiger partial charge on any atom is 0.326 e. The molecule has 6 heteroatoms. The van der Waals surface area contributed by atoms with Crippen LogP contribution in [0.5, 0.6) is 5.75 Å². The Kier molecular flexibility index (Phi) is 4.73. The number of carbonyl (C=O) groups excluding carboxylic acids is 1. The number of hydrogen-bond acceptors (Lipinski definition) is 3. The van der Waals surface area contributed by atoms with E-state index in [0.29, 0.717) is 30.2 Å². The van der Waals surface area contributed by atoms with Gasteiger partial charge < -0.3 is 14.7 Å². The van der Waals surface area contributed by atoms with Crippen molar-refractivity contribution in [2.24, 2.45) is 0 Å². The van der Waals surface area contributed by atoms with Gasteiger partial charge in [0, 0.05) is 11.6 Å². The number of rotatable bonds is 4. The number of likely N-dealkylation sites (tertiary alicyclic amines) is 1. The molecule has 1 saturated heterocycles. The maximum absolute atomic E-state index is 12.4. The zero-order chi connectivity index (χ0) is 15.6. The number of amides is 1. The van der Waals surface area contributed by atoms with Crippen LogP contribution in [0.4, 0.5) is 0 Å². The summed E-state index contributed by atoms with van der Waals surface area (Å²) in [5.74, 6) is -0.684. The fraction of sp³-hybridized carbons (Fsp3) is 0.467. The summed E-state index contributed by atoms with van der Waals surface area (Å²) in [6.45, 7) is 3.94. The Morgan fingerprint density at radius 2 is 2.19 bits per heavy atom. The van der Waals surface area contributed by atoms with Gasteiger partial charge in [0.15, 0.2) is 6.10 Å². The van der Waals surface area contributed by atoms with E-state index in [2.05, 4.69) is 0 Å². The third-order valence-corrected chi connectivity index (χ3v) is 3.84. The summed E-state index contributed by atoms with van der Waals surface area (Å²) in [5.41, 5.74) is 0.832. The minimum Gasteiger partial charge on any atom is -0.481 e. The zero-order valence-corrected chi connectivity index (χ0v) is 12.8. The molecule has 0 aliphatic carbocycles. The van der Waals surface area contributed by atoms with E-state index in [1.165, 1.54) is 4.90 Å². The van der Waals surface area contributed by atoms with Crippen molar-refractivity contribution < 1.29 is 19.4 Å². The fourth-order valence-corrected chi connectivity index (χ4v) is 2.73. The number of aliphatic carboxylic acids is 1. The molecule has 1 aliphatic rings. The van der Waals surface area contributed by atoms with Gasteiger partial charge in [0.25, 0.3) is 5.91 Å². The van der Waals surface area contributed by atoms with Gasteiger partial charge in [-0.25, -0.2) is 4.79 Å². The Morgan fingerprint density at radius 3 is 2.81 bits per heavy atom. The van der Waals surface area contributed by atoms with E-state index < -0.39 is 18.1 Å². The molecule has 2 unspecified atom stereocenters. The molecule has 0 radical (unpaired) electrons. The standard InChI is InChI=1S/C15H18ClNO4/c1-9-8-11(16)5-6-13(9)21-10(2)14(18)17-7-3-4-12(17)15(19)20/h5-6,8,10,12H,3-4,7H2,1-2H3,(H,19,20). The molecular weight excluding hydrogens is 294 g/mol. The highest BCUT2D eigenvalue weighted by Gasteiger charge is 2.36. The highest BCUT2D eigenvalue weighted by molar-refractivity contribution is 6.30. The van der Waals surface area contributed by atoms with E-state index in [-0.39, 0.29) is 5.91 Å². The van der Waals surface area contributed by atoms with Gasteiger partial charge in [0.2, 0.25) is 0 Å². The fourth-order valence-electron chi connectivity index (χ4n) is 2.51. The van der Waals surface area contributed by atoms with E-state index in [4.69, 9.17) is 21.4 Å². The minimum atomic E-state index is -0.962. The van der Waals surface area contributed by atoms with Gasteiger partial charge in [-0.05, 0) is 50.5 Å². The van der Waals surface area contributed by atoms with Crippen LogP contribution in [0.1, 0.15) is 25.3 Å². The summed E-state index contributed by atoms with van der Waals surface area (Å²) >= 11 is 5.88. The first-order chi connectivity index (χ1) is 9.90. The summed E-state index contributed by atoms with van der Waals surface area (Å²) in [5, 5.41) is 9.73. The Hall–Kier alpha value is -1.75. The molecule has 114 valence electrons. The molecule has 1 N–H and O–H groups in total. The summed E-state index contributed by atoms with van der Waals surface area (Å²) in [6, 6.07) is 4.41. The van der Waals surface area contributed by atoms with Crippen LogP contribution >= 0.6 is 11.6 Å². The van der Waals surface area contributed by atoms with Gasteiger partial charge in [-0.15, -0.1) is 0 Å². The summed E-state index contributed by atoms with van der Waals surface area (Å²) < 4.78 is 5.66. The molecule has 1 amide bonds. The number of carboxylic acids is 1. The normalized spacial score (nSPS) is 19.4. The predicted octanol–water partition coefficient (Wildman–Crippen LogP) is 2.49. The van der Waals surface area contributed by atoms with Crippen molar-refractivity contribution in [3.05, 3.63) is 28.8 Å². The summed E-state index contributed by atoms with van der Waals surface area (Å²) in [7, 11) is 0. The lowest BCUT2D eigenvalue weighted by atomic mass is 10.2. The van der Waals surface area contributed by atoms with E-state index in [0.717, 1.165) is 5.56 Å². The third kappa shape index (κ3) is 3.47. The van der Waals surface area contributed by atoms with Gasteiger partial charge in [0.05, 0.1) is 0 Å². The number of carboxylic acid groups (broad SMARTS) is 1. The Bertz CT molecular complexity index is 561.